The van der Waals surface area contributed by atoms with Crippen LogP contribution in [0.2, 0.25) is 0 Å². The van der Waals surface area contributed by atoms with Crippen molar-refractivity contribution >= 4 is 22.5 Å². The second-order valence-corrected chi connectivity index (χ2v) is 7.02. The van der Waals surface area contributed by atoms with E-state index in [0.717, 1.165) is 17.3 Å². The first-order valence-corrected chi connectivity index (χ1v) is 9.29. The molecule has 0 radical (unpaired) electrons. The third-order valence-electron chi connectivity index (χ3n) is 5.21. The molecule has 7 nitrogen and oxygen atoms in total. The Hall–Kier alpha value is -3.32. The molecular weight excluding hydrogens is 354 g/mol. The van der Waals surface area contributed by atoms with Crippen LogP contribution in [-0.2, 0) is 11.2 Å². The highest BCUT2D eigenvalue weighted by Gasteiger charge is 2.31. The van der Waals surface area contributed by atoms with Crippen LogP contribution in [-0.4, -0.2) is 44.7 Å². The van der Waals surface area contributed by atoms with Crippen LogP contribution >= 0.6 is 0 Å². The maximum Gasteiger partial charge on any atom is 0.272 e. The number of fused-ring (bicyclic) bond motifs is 2. The van der Waals surface area contributed by atoms with Gasteiger partial charge in [-0.25, -0.2) is 9.50 Å². The second-order valence-electron chi connectivity index (χ2n) is 7.02. The summed E-state index contributed by atoms with van der Waals surface area (Å²) in [4.78, 5) is 21.3. The maximum atomic E-state index is 12.7. The highest BCUT2D eigenvalue weighted by molar-refractivity contribution is 5.93. The van der Waals surface area contributed by atoms with Gasteiger partial charge in [-0.3, -0.25) is 9.78 Å². The number of para-hydroxylation sites is 1. The number of hydrogen-bond acceptors (Lipinski definition) is 5. The summed E-state index contributed by atoms with van der Waals surface area (Å²) in [5.41, 5.74) is 3.21. The van der Waals surface area contributed by atoms with Gasteiger partial charge in [0.25, 0.3) is 5.91 Å². The Balaban J connectivity index is 1.34. The van der Waals surface area contributed by atoms with E-state index in [1.165, 1.54) is 5.56 Å². The van der Waals surface area contributed by atoms with E-state index in [-0.39, 0.29) is 17.9 Å². The normalized spacial score (nSPS) is 19.3. The van der Waals surface area contributed by atoms with Crippen LogP contribution in [0.25, 0.3) is 16.6 Å². The number of aromatic nitrogens is 4. The number of carbonyl (C=O) groups excluding carboxylic acids is 1. The van der Waals surface area contributed by atoms with Gasteiger partial charge in [-0.15, -0.1) is 0 Å². The molecule has 1 aliphatic rings. The largest absolute Gasteiger partial charge is 0.379 e. The molecule has 0 unspecified atom stereocenters. The highest BCUT2D eigenvalue weighted by Crippen LogP contribution is 2.24. The molecule has 7 heteroatoms. The lowest BCUT2D eigenvalue weighted by Gasteiger charge is -2.19. The molecule has 1 aliphatic heterocycles. The molecule has 1 fully saturated rings. The molecule has 0 saturated carbocycles. The second kappa shape index (κ2) is 7.01. The molecule has 28 heavy (non-hydrogen) atoms. The van der Waals surface area contributed by atoms with Gasteiger partial charge in [0.1, 0.15) is 0 Å². The van der Waals surface area contributed by atoms with Crippen LogP contribution in [0, 0.1) is 5.92 Å². The van der Waals surface area contributed by atoms with Crippen molar-refractivity contribution in [3.63, 3.8) is 0 Å². The van der Waals surface area contributed by atoms with Crippen molar-refractivity contribution in [2.75, 3.05) is 13.2 Å². The van der Waals surface area contributed by atoms with Gasteiger partial charge in [-0.05, 0) is 30.2 Å². The summed E-state index contributed by atoms with van der Waals surface area (Å²) in [5.74, 6) is -0.00417. The summed E-state index contributed by atoms with van der Waals surface area (Å²) >= 11 is 0. The molecule has 5 rings (SSSR count). The number of carbonyl (C=O) groups is 1. The molecule has 1 N–H and O–H groups in total. The lowest BCUT2D eigenvalue weighted by atomic mass is 9.93. The lowest BCUT2D eigenvalue weighted by Crippen LogP contribution is -2.40. The molecule has 2 atom stereocenters. The fraction of sp³-hybridized carbons (Fsp3) is 0.238. The number of ether oxygens (including phenoxy) is 1. The summed E-state index contributed by atoms with van der Waals surface area (Å²) in [6, 6.07) is 13.6. The van der Waals surface area contributed by atoms with Crippen LogP contribution in [0.3, 0.4) is 0 Å². The van der Waals surface area contributed by atoms with Crippen LogP contribution in [0.1, 0.15) is 16.1 Å². The Morgan fingerprint density at radius 2 is 2.07 bits per heavy atom. The van der Waals surface area contributed by atoms with Gasteiger partial charge >= 0.3 is 0 Å². The van der Waals surface area contributed by atoms with Crippen molar-refractivity contribution < 1.29 is 9.53 Å². The predicted molar refractivity (Wildman–Crippen MR) is 104 cm³/mol. The van der Waals surface area contributed by atoms with Crippen LogP contribution in [0.4, 0.5) is 0 Å². The fourth-order valence-corrected chi connectivity index (χ4v) is 3.76. The first-order chi connectivity index (χ1) is 13.8. The molecule has 0 bridgehead atoms. The van der Waals surface area contributed by atoms with Crippen LogP contribution in [0.5, 0.6) is 0 Å². The van der Waals surface area contributed by atoms with Gasteiger partial charge in [0.05, 0.1) is 24.8 Å². The Bertz CT molecular complexity index is 1120. The molecule has 3 aromatic heterocycles. The van der Waals surface area contributed by atoms with Crippen molar-refractivity contribution in [2.24, 2.45) is 5.92 Å². The molecule has 4 heterocycles. The number of nitrogens with zero attached hydrogens (tertiary/aromatic N) is 4. The van der Waals surface area contributed by atoms with Gasteiger partial charge in [0, 0.05) is 36.0 Å². The minimum absolute atomic E-state index is 0.0581. The third kappa shape index (κ3) is 3.10. The average molecular weight is 373 g/mol. The summed E-state index contributed by atoms with van der Waals surface area (Å²) in [6.45, 7) is 1.12. The molecule has 0 spiro atoms. The van der Waals surface area contributed by atoms with Gasteiger partial charge < -0.3 is 10.1 Å². The zero-order valence-electron chi connectivity index (χ0n) is 15.2. The van der Waals surface area contributed by atoms with Gasteiger partial charge in [0.2, 0.25) is 0 Å². The molecule has 4 aromatic rings. The minimum atomic E-state index is -0.203. The Morgan fingerprint density at radius 3 is 3.00 bits per heavy atom. The fourth-order valence-electron chi connectivity index (χ4n) is 3.76. The number of amides is 1. The number of rotatable bonds is 4. The third-order valence-corrected chi connectivity index (χ3v) is 5.21. The van der Waals surface area contributed by atoms with Gasteiger partial charge in [0.15, 0.2) is 11.3 Å². The van der Waals surface area contributed by atoms with E-state index in [1.807, 2.05) is 30.5 Å². The Kier molecular flexibility index (Phi) is 4.21. The molecule has 0 aliphatic carbocycles. The van der Waals surface area contributed by atoms with Crippen molar-refractivity contribution in [3.05, 3.63) is 72.3 Å². The van der Waals surface area contributed by atoms with E-state index >= 15 is 0 Å². The van der Waals surface area contributed by atoms with E-state index in [0.29, 0.717) is 24.6 Å². The van der Waals surface area contributed by atoms with E-state index < -0.39 is 0 Å². The van der Waals surface area contributed by atoms with E-state index in [9.17, 15) is 4.79 Å². The first kappa shape index (κ1) is 16.8. The quantitative estimate of drug-likeness (QED) is 0.593. The standard InChI is InChI=1S/C21H19N5O2/c27-21(18-11-20-23-7-3-9-26(20)25-18)24-19-13-28-12-15(19)10-14-6-8-22-17-5-2-1-4-16(14)17/h1-9,11,15,19H,10,12-13H2,(H,24,27)/t15-,19+/m1/s1. The molecule has 1 saturated heterocycles. The Labute approximate surface area is 161 Å². The van der Waals surface area contributed by atoms with Crippen LogP contribution < -0.4 is 5.32 Å². The smallest absolute Gasteiger partial charge is 0.272 e. The molecule has 1 amide bonds. The highest BCUT2D eigenvalue weighted by atomic mass is 16.5. The summed E-state index contributed by atoms with van der Waals surface area (Å²) in [5, 5.41) is 8.54. The Morgan fingerprint density at radius 1 is 1.14 bits per heavy atom. The summed E-state index contributed by atoms with van der Waals surface area (Å²) in [7, 11) is 0. The van der Waals surface area contributed by atoms with E-state index in [2.05, 4.69) is 26.4 Å². The molecule has 140 valence electrons. The summed E-state index contributed by atoms with van der Waals surface area (Å²) in [6.07, 6.45) is 6.11. The zero-order chi connectivity index (χ0) is 18.9. The van der Waals surface area contributed by atoms with E-state index in [1.54, 1.807) is 29.0 Å². The molecule has 1 aromatic carbocycles. The van der Waals surface area contributed by atoms with Crippen LogP contribution in [0.15, 0.2) is 61.1 Å². The van der Waals surface area contributed by atoms with Gasteiger partial charge in [-0.1, -0.05) is 18.2 Å². The number of pyridine rings is 1. The maximum absolute atomic E-state index is 12.7. The summed E-state index contributed by atoms with van der Waals surface area (Å²) < 4.78 is 7.28. The average Bonchev–Trinajstić information content (AvgIpc) is 3.35. The zero-order valence-corrected chi connectivity index (χ0v) is 15.2. The number of hydrogen-bond donors (Lipinski definition) is 1. The SMILES string of the molecule is O=C(N[C@H]1COC[C@H]1Cc1ccnc2ccccc12)c1cc2ncccn2n1. The van der Waals surface area contributed by atoms with E-state index in [4.69, 9.17) is 4.74 Å². The van der Waals surface area contributed by atoms with Crippen molar-refractivity contribution in [3.8, 4) is 0 Å². The lowest BCUT2D eigenvalue weighted by molar-refractivity contribution is 0.0919. The van der Waals surface area contributed by atoms with Crippen molar-refractivity contribution in [1.29, 1.82) is 0 Å². The predicted octanol–water partition coefficient (Wildman–Crippen LogP) is 2.26. The van der Waals surface area contributed by atoms with Crippen molar-refractivity contribution in [1.82, 2.24) is 24.9 Å². The first-order valence-electron chi connectivity index (χ1n) is 9.29. The molecular formula is C21H19N5O2. The number of benzene rings is 1. The van der Waals surface area contributed by atoms with Crippen molar-refractivity contribution in [2.45, 2.75) is 12.5 Å². The minimum Gasteiger partial charge on any atom is -0.379 e. The monoisotopic (exact) mass is 373 g/mol. The number of nitrogens with one attached hydrogen (secondary N) is 1. The topological polar surface area (TPSA) is 81.4 Å². The van der Waals surface area contributed by atoms with Gasteiger partial charge in [-0.2, -0.15) is 5.10 Å².